The van der Waals surface area contributed by atoms with E-state index >= 15 is 0 Å². The molecule has 0 unspecified atom stereocenters. The van der Waals surface area contributed by atoms with Crippen molar-refractivity contribution in [3.63, 3.8) is 0 Å². The molecule has 0 atom stereocenters. The molecular formula is C20H20N2O2. The van der Waals surface area contributed by atoms with Gasteiger partial charge < -0.3 is 15.0 Å². The summed E-state index contributed by atoms with van der Waals surface area (Å²) < 4.78 is 5.18. The Kier molecular flexibility index (Phi) is 4.96. The quantitative estimate of drug-likeness (QED) is 0.659. The highest BCUT2D eigenvalue weighted by Gasteiger charge is 2.17. The maximum Gasteiger partial charge on any atom is 0.340 e. The van der Waals surface area contributed by atoms with E-state index in [4.69, 9.17) is 4.74 Å². The van der Waals surface area contributed by atoms with E-state index < -0.39 is 0 Å². The lowest BCUT2D eigenvalue weighted by Crippen LogP contribution is -2.04. The van der Waals surface area contributed by atoms with Crippen LogP contribution < -0.4 is 5.32 Å². The van der Waals surface area contributed by atoms with Crippen LogP contribution >= 0.6 is 0 Å². The molecule has 24 heavy (non-hydrogen) atoms. The van der Waals surface area contributed by atoms with Crippen molar-refractivity contribution >= 4 is 11.8 Å². The third-order valence-electron chi connectivity index (χ3n) is 3.70. The third-order valence-corrected chi connectivity index (χ3v) is 3.70. The Hall–Kier alpha value is -3.01. The molecule has 4 heteroatoms. The first-order valence-electron chi connectivity index (χ1n) is 8.01. The first-order valence-corrected chi connectivity index (χ1v) is 8.01. The van der Waals surface area contributed by atoms with E-state index in [1.165, 1.54) is 5.56 Å². The van der Waals surface area contributed by atoms with Crippen molar-refractivity contribution in [2.45, 2.75) is 13.5 Å². The van der Waals surface area contributed by atoms with Crippen molar-refractivity contribution in [2.75, 3.05) is 11.9 Å². The zero-order valence-electron chi connectivity index (χ0n) is 13.6. The topological polar surface area (TPSA) is 54.1 Å². The molecule has 0 saturated carbocycles. The van der Waals surface area contributed by atoms with Crippen LogP contribution in [0.2, 0.25) is 0 Å². The number of rotatable bonds is 6. The minimum Gasteiger partial charge on any atom is -0.462 e. The highest BCUT2D eigenvalue weighted by molar-refractivity contribution is 5.97. The number of aromatic amines is 1. The van der Waals surface area contributed by atoms with Gasteiger partial charge in [0.2, 0.25) is 0 Å². The second-order valence-electron chi connectivity index (χ2n) is 5.40. The predicted octanol–water partition coefficient (Wildman–Crippen LogP) is 4.47. The summed E-state index contributed by atoms with van der Waals surface area (Å²) in [4.78, 5) is 15.6. The van der Waals surface area contributed by atoms with Crippen LogP contribution in [0, 0.1) is 0 Å². The van der Waals surface area contributed by atoms with Crippen LogP contribution in [0.5, 0.6) is 0 Å². The molecule has 2 aromatic carbocycles. The van der Waals surface area contributed by atoms with Gasteiger partial charge in [-0.2, -0.15) is 0 Å². The van der Waals surface area contributed by atoms with E-state index in [9.17, 15) is 4.79 Å². The molecule has 0 aliphatic heterocycles. The van der Waals surface area contributed by atoms with Crippen LogP contribution in [-0.2, 0) is 11.3 Å². The third kappa shape index (κ3) is 3.66. The van der Waals surface area contributed by atoms with Crippen molar-refractivity contribution in [2.24, 2.45) is 0 Å². The molecule has 4 nitrogen and oxygen atoms in total. The van der Waals surface area contributed by atoms with Crippen LogP contribution in [0.3, 0.4) is 0 Å². The zero-order chi connectivity index (χ0) is 16.8. The Morgan fingerprint density at radius 3 is 2.38 bits per heavy atom. The summed E-state index contributed by atoms with van der Waals surface area (Å²) in [7, 11) is 0. The summed E-state index contributed by atoms with van der Waals surface area (Å²) >= 11 is 0. The van der Waals surface area contributed by atoms with Crippen molar-refractivity contribution in [1.29, 1.82) is 0 Å². The normalized spacial score (nSPS) is 10.4. The Morgan fingerprint density at radius 2 is 1.71 bits per heavy atom. The van der Waals surface area contributed by atoms with E-state index in [2.05, 4.69) is 22.4 Å². The first-order chi connectivity index (χ1) is 11.8. The number of nitrogens with one attached hydrogen (secondary N) is 2. The van der Waals surface area contributed by atoms with E-state index in [1.54, 1.807) is 6.92 Å². The summed E-state index contributed by atoms with van der Waals surface area (Å²) in [5.41, 5.74) is 3.43. The first kappa shape index (κ1) is 15.9. The van der Waals surface area contributed by atoms with Crippen molar-refractivity contribution in [1.82, 2.24) is 4.98 Å². The largest absolute Gasteiger partial charge is 0.462 e. The Morgan fingerprint density at radius 1 is 1.04 bits per heavy atom. The predicted molar refractivity (Wildman–Crippen MR) is 96.0 cm³/mol. The number of hydrogen-bond donors (Lipinski definition) is 2. The number of H-pyrrole nitrogens is 1. The molecule has 0 aliphatic rings. The number of esters is 1. The molecule has 0 fully saturated rings. The summed E-state index contributed by atoms with van der Waals surface area (Å²) in [5.74, 6) is 0.473. The molecule has 0 spiro atoms. The summed E-state index contributed by atoms with van der Waals surface area (Å²) in [6.45, 7) is 2.84. The van der Waals surface area contributed by atoms with Crippen LogP contribution in [0.15, 0.2) is 66.7 Å². The van der Waals surface area contributed by atoms with Crippen molar-refractivity contribution < 1.29 is 9.53 Å². The van der Waals surface area contributed by atoms with E-state index in [1.807, 2.05) is 54.6 Å². The number of carbonyl (C=O) groups excluding carboxylic acids is 1. The Labute approximate surface area is 141 Å². The highest BCUT2D eigenvalue weighted by Crippen LogP contribution is 2.27. The number of ether oxygens (including phenoxy) is 1. The molecule has 2 N–H and O–H groups in total. The van der Waals surface area contributed by atoms with Crippen LogP contribution in [-0.4, -0.2) is 17.6 Å². The molecular weight excluding hydrogens is 300 g/mol. The number of benzene rings is 2. The Bertz CT molecular complexity index is 795. The number of anilines is 1. The molecule has 3 rings (SSSR count). The zero-order valence-corrected chi connectivity index (χ0v) is 13.6. The average Bonchev–Trinajstić information content (AvgIpc) is 3.06. The SMILES string of the molecule is CCOC(=O)c1cc(NCc2ccccc2)[nH]c1-c1ccccc1. The van der Waals surface area contributed by atoms with E-state index in [0.717, 1.165) is 17.1 Å². The highest BCUT2D eigenvalue weighted by atomic mass is 16.5. The van der Waals surface area contributed by atoms with Gasteiger partial charge in [0.05, 0.1) is 17.9 Å². The monoisotopic (exact) mass is 320 g/mol. The smallest absolute Gasteiger partial charge is 0.340 e. The Balaban J connectivity index is 1.87. The molecule has 122 valence electrons. The molecule has 0 saturated heterocycles. The number of hydrogen-bond acceptors (Lipinski definition) is 3. The van der Waals surface area contributed by atoms with Gasteiger partial charge in [-0.25, -0.2) is 4.79 Å². The maximum atomic E-state index is 12.3. The number of carbonyl (C=O) groups is 1. The minimum absolute atomic E-state index is 0.319. The summed E-state index contributed by atoms with van der Waals surface area (Å²) in [6, 6.07) is 21.7. The molecule has 1 heterocycles. The van der Waals surface area contributed by atoms with Crippen molar-refractivity contribution in [3.05, 3.63) is 77.9 Å². The average molecular weight is 320 g/mol. The van der Waals surface area contributed by atoms with Gasteiger partial charge in [-0.3, -0.25) is 0 Å². The maximum absolute atomic E-state index is 12.3. The van der Waals surface area contributed by atoms with Crippen molar-refractivity contribution in [3.8, 4) is 11.3 Å². The second kappa shape index (κ2) is 7.51. The molecule has 1 aromatic heterocycles. The number of aromatic nitrogens is 1. The standard InChI is InChI=1S/C20H20N2O2/c1-2-24-20(23)17-13-18(21-14-15-9-5-3-6-10-15)22-19(17)16-11-7-4-8-12-16/h3-13,21-22H,2,14H2,1H3. The molecule has 0 amide bonds. The van der Waals surface area contributed by atoms with Gasteiger partial charge in [-0.1, -0.05) is 60.7 Å². The lowest BCUT2D eigenvalue weighted by atomic mass is 10.1. The fourth-order valence-electron chi connectivity index (χ4n) is 2.55. The van der Waals surface area contributed by atoms with E-state index in [-0.39, 0.29) is 5.97 Å². The second-order valence-corrected chi connectivity index (χ2v) is 5.40. The lowest BCUT2D eigenvalue weighted by molar-refractivity contribution is 0.0527. The molecule has 0 radical (unpaired) electrons. The van der Waals surface area contributed by atoms with Gasteiger partial charge in [0.25, 0.3) is 0 Å². The van der Waals surface area contributed by atoms with Gasteiger partial charge in [-0.15, -0.1) is 0 Å². The molecule has 0 bridgehead atoms. The fourth-order valence-corrected chi connectivity index (χ4v) is 2.55. The van der Waals surface area contributed by atoms with Crippen LogP contribution in [0.1, 0.15) is 22.8 Å². The fraction of sp³-hybridized carbons (Fsp3) is 0.150. The molecule has 0 aliphatic carbocycles. The summed E-state index contributed by atoms with van der Waals surface area (Å²) in [5, 5.41) is 3.33. The van der Waals surface area contributed by atoms with Gasteiger partial charge in [-0.05, 0) is 24.1 Å². The van der Waals surface area contributed by atoms with Gasteiger partial charge in [0, 0.05) is 6.54 Å². The van der Waals surface area contributed by atoms with Gasteiger partial charge >= 0.3 is 5.97 Å². The minimum atomic E-state index is -0.319. The molecule has 3 aromatic rings. The van der Waals surface area contributed by atoms with Crippen LogP contribution in [0.4, 0.5) is 5.82 Å². The van der Waals surface area contributed by atoms with Crippen LogP contribution in [0.25, 0.3) is 11.3 Å². The summed E-state index contributed by atoms with van der Waals surface area (Å²) in [6.07, 6.45) is 0. The van der Waals surface area contributed by atoms with Gasteiger partial charge in [0.1, 0.15) is 5.82 Å². The van der Waals surface area contributed by atoms with Gasteiger partial charge in [0.15, 0.2) is 0 Å². The lowest BCUT2D eigenvalue weighted by Gasteiger charge is -2.04. The van der Waals surface area contributed by atoms with E-state index in [0.29, 0.717) is 18.7 Å².